The number of aromatic nitrogens is 1. The molecule has 5 nitrogen and oxygen atoms in total. The van der Waals surface area contributed by atoms with Crippen molar-refractivity contribution in [1.29, 1.82) is 0 Å². The van der Waals surface area contributed by atoms with Crippen LogP contribution in [0, 0.1) is 6.92 Å². The minimum Gasteiger partial charge on any atom is -0.493 e. The molecule has 0 spiro atoms. The number of pyridine rings is 1. The Balaban J connectivity index is 2.06. The molecule has 0 saturated heterocycles. The van der Waals surface area contributed by atoms with E-state index < -0.39 is 0 Å². The van der Waals surface area contributed by atoms with Crippen LogP contribution in [0.2, 0.25) is 0 Å². The maximum absolute atomic E-state index is 5.54. The van der Waals surface area contributed by atoms with Crippen LogP contribution in [-0.2, 0) is 0 Å². The van der Waals surface area contributed by atoms with Crippen LogP contribution < -0.4 is 18.9 Å². The Hall–Kier alpha value is -2.95. The van der Waals surface area contributed by atoms with Crippen LogP contribution in [0.3, 0.4) is 0 Å². The van der Waals surface area contributed by atoms with Gasteiger partial charge in [0.05, 0.1) is 34.1 Å². The number of methoxy groups -OCH3 is 4. The van der Waals surface area contributed by atoms with Gasteiger partial charge in [-0.05, 0) is 47.7 Å². The van der Waals surface area contributed by atoms with E-state index >= 15 is 0 Å². The van der Waals surface area contributed by atoms with Crippen LogP contribution in [0.1, 0.15) is 29.7 Å². The first kappa shape index (κ1) is 17.5. The molecule has 1 aliphatic carbocycles. The van der Waals surface area contributed by atoms with E-state index in [0.29, 0.717) is 11.5 Å². The number of hydrogen-bond donors (Lipinski definition) is 0. The standard InChI is InChI=1S/C22H23NO4/c1-11-13-7-17(24-3)20(27-6)10-16(13)22-21(11)15-9-19(26-5)18(25-4)8-14(15)12(2)23-22/h7-11H,1-6H3. The van der Waals surface area contributed by atoms with E-state index in [9.17, 15) is 0 Å². The third-order valence-electron chi connectivity index (χ3n) is 5.45. The zero-order valence-electron chi connectivity index (χ0n) is 16.5. The van der Waals surface area contributed by atoms with Crippen molar-refractivity contribution in [2.24, 2.45) is 0 Å². The number of ether oxygens (including phenoxy) is 4. The molecule has 0 amide bonds. The number of aryl methyl sites for hydroxylation is 1. The molecule has 0 bridgehead atoms. The second kappa shape index (κ2) is 6.34. The van der Waals surface area contributed by atoms with Gasteiger partial charge in [-0.1, -0.05) is 6.92 Å². The predicted octanol–water partition coefficient (Wildman–Crippen LogP) is 4.71. The highest BCUT2D eigenvalue weighted by atomic mass is 16.5. The van der Waals surface area contributed by atoms with Crippen LogP contribution in [0.5, 0.6) is 23.0 Å². The molecule has 27 heavy (non-hydrogen) atoms. The van der Waals surface area contributed by atoms with Crippen molar-refractivity contribution >= 4 is 10.8 Å². The first-order valence-corrected chi connectivity index (χ1v) is 8.86. The van der Waals surface area contributed by atoms with Crippen molar-refractivity contribution in [3.8, 4) is 34.3 Å². The van der Waals surface area contributed by atoms with Crippen molar-refractivity contribution < 1.29 is 18.9 Å². The first-order valence-electron chi connectivity index (χ1n) is 8.86. The van der Waals surface area contributed by atoms with Crippen molar-refractivity contribution in [2.45, 2.75) is 19.8 Å². The molecule has 2 aromatic carbocycles. The maximum Gasteiger partial charge on any atom is 0.161 e. The molecule has 1 unspecified atom stereocenters. The Morgan fingerprint density at radius 1 is 0.741 bits per heavy atom. The van der Waals surface area contributed by atoms with Gasteiger partial charge in [-0.15, -0.1) is 0 Å². The third kappa shape index (κ3) is 2.41. The zero-order valence-corrected chi connectivity index (χ0v) is 16.5. The van der Waals surface area contributed by atoms with Gasteiger partial charge in [-0.3, -0.25) is 4.98 Å². The van der Waals surface area contributed by atoms with E-state index in [0.717, 1.165) is 39.2 Å². The molecule has 0 radical (unpaired) electrons. The minimum atomic E-state index is 0.184. The molecule has 5 heteroatoms. The lowest BCUT2D eigenvalue weighted by molar-refractivity contribution is 0.354. The van der Waals surface area contributed by atoms with Gasteiger partial charge in [0.25, 0.3) is 0 Å². The molecule has 0 fully saturated rings. The molecular formula is C22H23NO4. The average Bonchev–Trinajstić information content (AvgIpc) is 2.97. The summed E-state index contributed by atoms with van der Waals surface area (Å²) in [4.78, 5) is 4.94. The van der Waals surface area contributed by atoms with Crippen LogP contribution in [0.25, 0.3) is 22.0 Å². The second-order valence-electron chi connectivity index (χ2n) is 6.73. The third-order valence-corrected chi connectivity index (χ3v) is 5.45. The predicted molar refractivity (Wildman–Crippen MR) is 106 cm³/mol. The smallest absolute Gasteiger partial charge is 0.161 e. The van der Waals surface area contributed by atoms with Gasteiger partial charge in [0.1, 0.15) is 0 Å². The first-order chi connectivity index (χ1) is 13.0. The summed E-state index contributed by atoms with van der Waals surface area (Å²) in [5.74, 6) is 3.06. The van der Waals surface area contributed by atoms with Gasteiger partial charge in [-0.2, -0.15) is 0 Å². The SMILES string of the molecule is COc1cc2c(cc1OC)C(C)c1c-2nc(C)c2cc(OC)c(OC)cc12. The molecule has 0 aliphatic heterocycles. The second-order valence-corrected chi connectivity index (χ2v) is 6.73. The molecule has 4 rings (SSSR count). The molecule has 0 N–H and O–H groups in total. The Morgan fingerprint density at radius 2 is 1.26 bits per heavy atom. The fourth-order valence-electron chi connectivity index (χ4n) is 4.07. The van der Waals surface area contributed by atoms with E-state index in [1.54, 1.807) is 28.4 Å². The molecule has 1 atom stereocenters. The highest BCUT2D eigenvalue weighted by Crippen LogP contribution is 2.51. The van der Waals surface area contributed by atoms with E-state index in [4.69, 9.17) is 23.9 Å². The molecule has 1 aliphatic rings. The summed E-state index contributed by atoms with van der Waals surface area (Å²) in [6.45, 7) is 4.22. The van der Waals surface area contributed by atoms with Crippen LogP contribution in [0.4, 0.5) is 0 Å². The van der Waals surface area contributed by atoms with Gasteiger partial charge >= 0.3 is 0 Å². The van der Waals surface area contributed by atoms with Gasteiger partial charge in [0.2, 0.25) is 0 Å². The van der Waals surface area contributed by atoms with Crippen molar-refractivity contribution in [3.63, 3.8) is 0 Å². The molecule has 1 aromatic heterocycles. The van der Waals surface area contributed by atoms with E-state index in [2.05, 4.69) is 19.1 Å². The Labute approximate surface area is 158 Å². The topological polar surface area (TPSA) is 49.8 Å². The Kier molecular flexibility index (Phi) is 4.10. The van der Waals surface area contributed by atoms with E-state index in [-0.39, 0.29) is 5.92 Å². The van der Waals surface area contributed by atoms with Crippen molar-refractivity contribution in [2.75, 3.05) is 28.4 Å². The molecular weight excluding hydrogens is 342 g/mol. The highest BCUT2D eigenvalue weighted by Gasteiger charge is 2.31. The van der Waals surface area contributed by atoms with Gasteiger partial charge in [0, 0.05) is 22.6 Å². The summed E-state index contributed by atoms with van der Waals surface area (Å²) in [5, 5.41) is 2.21. The summed E-state index contributed by atoms with van der Waals surface area (Å²) >= 11 is 0. The number of fused-ring (bicyclic) bond motifs is 5. The monoisotopic (exact) mass is 365 g/mol. The Bertz CT molecular complexity index is 1060. The largest absolute Gasteiger partial charge is 0.493 e. The fraction of sp³-hybridized carbons (Fsp3) is 0.318. The lowest BCUT2D eigenvalue weighted by atomic mass is 9.94. The number of hydrogen-bond acceptors (Lipinski definition) is 5. The molecule has 0 saturated carbocycles. The van der Waals surface area contributed by atoms with Crippen molar-refractivity contribution in [3.05, 3.63) is 41.1 Å². The average molecular weight is 365 g/mol. The van der Waals surface area contributed by atoms with Crippen LogP contribution in [-0.4, -0.2) is 33.4 Å². The number of nitrogens with zero attached hydrogens (tertiary/aromatic N) is 1. The minimum absolute atomic E-state index is 0.184. The molecule has 140 valence electrons. The summed E-state index contributed by atoms with van der Waals surface area (Å²) in [6.07, 6.45) is 0. The summed E-state index contributed by atoms with van der Waals surface area (Å²) < 4.78 is 22.0. The fourth-order valence-corrected chi connectivity index (χ4v) is 4.07. The lowest BCUT2D eigenvalue weighted by Crippen LogP contribution is -1.98. The zero-order chi connectivity index (χ0) is 19.3. The summed E-state index contributed by atoms with van der Waals surface area (Å²) in [7, 11) is 6.62. The maximum atomic E-state index is 5.54. The molecule has 3 aromatic rings. The van der Waals surface area contributed by atoms with Crippen LogP contribution in [0.15, 0.2) is 24.3 Å². The lowest BCUT2D eigenvalue weighted by Gasteiger charge is -2.15. The quantitative estimate of drug-likeness (QED) is 0.670. The molecule has 1 heterocycles. The van der Waals surface area contributed by atoms with Gasteiger partial charge in [-0.25, -0.2) is 0 Å². The van der Waals surface area contributed by atoms with Gasteiger partial charge in [0.15, 0.2) is 23.0 Å². The normalized spacial score (nSPS) is 14.7. The number of benzene rings is 2. The van der Waals surface area contributed by atoms with Crippen molar-refractivity contribution in [1.82, 2.24) is 4.98 Å². The number of rotatable bonds is 4. The summed E-state index contributed by atoms with van der Waals surface area (Å²) in [6, 6.07) is 8.14. The Morgan fingerprint density at radius 3 is 1.85 bits per heavy atom. The van der Waals surface area contributed by atoms with Gasteiger partial charge < -0.3 is 18.9 Å². The highest BCUT2D eigenvalue weighted by molar-refractivity contribution is 5.98. The van der Waals surface area contributed by atoms with E-state index in [1.807, 2.05) is 19.1 Å². The van der Waals surface area contributed by atoms with E-state index in [1.165, 1.54) is 11.1 Å². The van der Waals surface area contributed by atoms with Crippen LogP contribution >= 0.6 is 0 Å². The summed E-state index contributed by atoms with van der Waals surface area (Å²) in [5.41, 5.74) is 5.43.